The fourth-order valence-electron chi connectivity index (χ4n) is 2.07. The van der Waals surface area contributed by atoms with Gasteiger partial charge in [-0.25, -0.2) is 4.39 Å². The highest BCUT2D eigenvalue weighted by Crippen LogP contribution is 2.27. The van der Waals surface area contributed by atoms with Crippen molar-refractivity contribution in [3.63, 3.8) is 0 Å². The number of benzene rings is 1. The number of alkyl halides is 3. The molecule has 0 saturated heterocycles. The van der Waals surface area contributed by atoms with Crippen molar-refractivity contribution in [2.24, 2.45) is 0 Å². The van der Waals surface area contributed by atoms with Crippen molar-refractivity contribution in [1.82, 2.24) is 9.88 Å². The minimum Gasteiger partial charge on any atom is -0.354 e. The van der Waals surface area contributed by atoms with E-state index in [1.165, 1.54) is 18.2 Å². The Bertz CT molecular complexity index is 784. The van der Waals surface area contributed by atoms with Gasteiger partial charge in [0.2, 0.25) is 5.91 Å². The highest BCUT2D eigenvalue weighted by molar-refractivity contribution is 5.75. The van der Waals surface area contributed by atoms with Crippen molar-refractivity contribution >= 4 is 5.91 Å². The number of nitrogens with zero attached hydrogens (tertiary/aromatic N) is 1. The van der Waals surface area contributed by atoms with Gasteiger partial charge in [0.25, 0.3) is 5.56 Å². The number of aromatic nitrogens is 1. The Labute approximate surface area is 134 Å². The fraction of sp³-hybridized carbons (Fsp3) is 0.250. The van der Waals surface area contributed by atoms with Crippen molar-refractivity contribution in [2.75, 3.05) is 6.54 Å². The summed E-state index contributed by atoms with van der Waals surface area (Å²) < 4.78 is 51.5. The molecular formula is C16H14F4N2O2. The summed E-state index contributed by atoms with van der Waals surface area (Å²) >= 11 is 0. The van der Waals surface area contributed by atoms with Gasteiger partial charge < -0.3 is 9.88 Å². The lowest BCUT2D eigenvalue weighted by Gasteiger charge is -2.11. The molecule has 0 saturated carbocycles. The summed E-state index contributed by atoms with van der Waals surface area (Å²) in [6.07, 6.45) is -3.63. The average Bonchev–Trinajstić information content (AvgIpc) is 2.48. The third kappa shape index (κ3) is 4.94. The number of halogens is 4. The van der Waals surface area contributed by atoms with Gasteiger partial charge in [0.1, 0.15) is 12.4 Å². The monoisotopic (exact) mass is 342 g/mol. The predicted molar refractivity (Wildman–Crippen MR) is 78.8 cm³/mol. The lowest BCUT2D eigenvalue weighted by atomic mass is 10.1. The average molecular weight is 342 g/mol. The van der Waals surface area contributed by atoms with E-state index in [0.717, 1.165) is 6.07 Å². The number of rotatable bonds is 5. The summed E-state index contributed by atoms with van der Waals surface area (Å²) in [6.45, 7) is -0.345. The van der Waals surface area contributed by atoms with Crippen LogP contribution in [-0.2, 0) is 23.9 Å². The molecule has 4 nitrogen and oxygen atoms in total. The fourth-order valence-corrected chi connectivity index (χ4v) is 2.07. The molecule has 0 spiro atoms. The normalized spacial score (nSPS) is 11.3. The molecule has 0 unspecified atom stereocenters. The van der Waals surface area contributed by atoms with E-state index in [9.17, 15) is 27.2 Å². The lowest BCUT2D eigenvalue weighted by molar-refractivity contribution is -0.138. The predicted octanol–water partition coefficient (Wildman–Crippen LogP) is 2.37. The summed E-state index contributed by atoms with van der Waals surface area (Å²) in [4.78, 5) is 23.3. The molecule has 0 radical (unpaired) electrons. The first-order chi connectivity index (χ1) is 11.3. The Balaban J connectivity index is 1.94. The number of carbonyl (C=O) groups excluding carboxylic acids is 1. The number of amides is 1. The van der Waals surface area contributed by atoms with Crippen LogP contribution in [0, 0.1) is 5.82 Å². The second kappa shape index (κ2) is 7.29. The van der Waals surface area contributed by atoms with Crippen molar-refractivity contribution in [3.8, 4) is 0 Å². The molecule has 0 fully saturated rings. The molecule has 2 aromatic rings. The standard InChI is InChI=1S/C16H14F4N2O2/c17-13-3-1-2-11(8-13)6-7-21-14(23)10-22-9-12(16(18,19)20)4-5-15(22)24/h1-5,8-9H,6-7,10H2,(H,21,23). The second-order valence-electron chi connectivity index (χ2n) is 5.11. The summed E-state index contributed by atoms with van der Waals surface area (Å²) in [5.74, 6) is -0.998. The number of hydrogen-bond acceptors (Lipinski definition) is 2. The molecule has 1 N–H and O–H groups in total. The highest BCUT2D eigenvalue weighted by atomic mass is 19.4. The van der Waals surface area contributed by atoms with E-state index in [1.54, 1.807) is 6.07 Å². The van der Waals surface area contributed by atoms with Gasteiger partial charge in [-0.05, 0) is 30.2 Å². The molecule has 0 atom stereocenters. The van der Waals surface area contributed by atoms with E-state index in [-0.39, 0.29) is 6.54 Å². The van der Waals surface area contributed by atoms with Gasteiger partial charge >= 0.3 is 6.18 Å². The molecule has 1 aromatic carbocycles. The van der Waals surface area contributed by atoms with Gasteiger partial charge in [0.05, 0.1) is 5.56 Å². The number of nitrogens with one attached hydrogen (secondary N) is 1. The molecule has 0 aliphatic carbocycles. The van der Waals surface area contributed by atoms with Gasteiger partial charge in [0, 0.05) is 18.8 Å². The SMILES string of the molecule is O=C(Cn1cc(C(F)(F)F)ccc1=O)NCCc1cccc(F)c1. The first-order valence-electron chi connectivity index (χ1n) is 7.04. The second-order valence-corrected chi connectivity index (χ2v) is 5.11. The van der Waals surface area contributed by atoms with Crippen molar-refractivity contribution < 1.29 is 22.4 Å². The Morgan fingerprint density at radius 1 is 1.17 bits per heavy atom. The van der Waals surface area contributed by atoms with E-state index >= 15 is 0 Å². The molecule has 1 aromatic heterocycles. The Morgan fingerprint density at radius 3 is 2.58 bits per heavy atom. The van der Waals surface area contributed by atoms with Gasteiger partial charge in [-0.3, -0.25) is 9.59 Å². The van der Waals surface area contributed by atoms with E-state index in [1.807, 2.05) is 0 Å². The highest BCUT2D eigenvalue weighted by Gasteiger charge is 2.31. The van der Waals surface area contributed by atoms with Gasteiger partial charge in [-0.2, -0.15) is 13.2 Å². The first-order valence-corrected chi connectivity index (χ1v) is 7.04. The third-order valence-electron chi connectivity index (χ3n) is 3.25. The Morgan fingerprint density at radius 2 is 1.92 bits per heavy atom. The maximum absolute atomic E-state index is 13.0. The van der Waals surface area contributed by atoms with Crippen LogP contribution in [0.5, 0.6) is 0 Å². The van der Waals surface area contributed by atoms with E-state index < -0.39 is 35.6 Å². The largest absolute Gasteiger partial charge is 0.417 e. The molecule has 1 amide bonds. The molecule has 24 heavy (non-hydrogen) atoms. The summed E-state index contributed by atoms with van der Waals surface area (Å²) in [5, 5.41) is 2.48. The van der Waals surface area contributed by atoms with Crippen LogP contribution in [0.25, 0.3) is 0 Å². The summed E-state index contributed by atoms with van der Waals surface area (Å²) in [6, 6.07) is 7.27. The zero-order valence-corrected chi connectivity index (χ0v) is 12.4. The van der Waals surface area contributed by atoms with Crippen LogP contribution in [0.4, 0.5) is 17.6 Å². The quantitative estimate of drug-likeness (QED) is 0.848. The van der Waals surface area contributed by atoms with Gasteiger partial charge in [-0.15, -0.1) is 0 Å². The minimum atomic E-state index is -4.59. The number of pyridine rings is 1. The van der Waals surface area contributed by atoms with Crippen LogP contribution in [0.3, 0.4) is 0 Å². The number of carbonyl (C=O) groups is 1. The van der Waals surface area contributed by atoms with E-state index in [2.05, 4.69) is 5.32 Å². The van der Waals surface area contributed by atoms with Crippen LogP contribution in [0.1, 0.15) is 11.1 Å². The van der Waals surface area contributed by atoms with Crippen molar-refractivity contribution in [1.29, 1.82) is 0 Å². The maximum Gasteiger partial charge on any atom is 0.417 e. The Hall–Kier alpha value is -2.64. The van der Waals surface area contributed by atoms with Crippen molar-refractivity contribution in [2.45, 2.75) is 19.1 Å². The van der Waals surface area contributed by atoms with Crippen LogP contribution in [0.15, 0.2) is 47.4 Å². The zero-order chi connectivity index (χ0) is 17.7. The molecule has 1 heterocycles. The summed E-state index contributed by atoms with van der Waals surface area (Å²) in [7, 11) is 0. The topological polar surface area (TPSA) is 51.1 Å². The number of hydrogen-bond donors (Lipinski definition) is 1. The maximum atomic E-state index is 13.0. The van der Waals surface area contributed by atoms with Crippen LogP contribution >= 0.6 is 0 Å². The first kappa shape index (κ1) is 17.7. The molecule has 0 bridgehead atoms. The molecule has 0 aliphatic rings. The molecular weight excluding hydrogens is 328 g/mol. The van der Waals surface area contributed by atoms with Crippen molar-refractivity contribution in [3.05, 3.63) is 69.9 Å². The minimum absolute atomic E-state index is 0.177. The Kier molecular flexibility index (Phi) is 5.38. The smallest absolute Gasteiger partial charge is 0.354 e. The molecule has 128 valence electrons. The van der Waals surface area contributed by atoms with Crippen LogP contribution in [0.2, 0.25) is 0 Å². The van der Waals surface area contributed by atoms with Gasteiger partial charge in [-0.1, -0.05) is 12.1 Å². The lowest BCUT2D eigenvalue weighted by Crippen LogP contribution is -2.33. The van der Waals surface area contributed by atoms with Crippen LogP contribution < -0.4 is 10.9 Å². The molecule has 2 rings (SSSR count). The van der Waals surface area contributed by atoms with Crippen LogP contribution in [-0.4, -0.2) is 17.0 Å². The van der Waals surface area contributed by atoms with E-state index in [4.69, 9.17) is 0 Å². The molecule has 0 aliphatic heterocycles. The zero-order valence-electron chi connectivity index (χ0n) is 12.4. The van der Waals surface area contributed by atoms with E-state index in [0.29, 0.717) is 28.8 Å². The van der Waals surface area contributed by atoms with Gasteiger partial charge in [0.15, 0.2) is 0 Å². The third-order valence-corrected chi connectivity index (χ3v) is 3.25. The molecule has 8 heteroatoms. The summed E-state index contributed by atoms with van der Waals surface area (Å²) in [5.41, 5.74) is -1.04.